The summed E-state index contributed by atoms with van der Waals surface area (Å²) in [4.78, 5) is 24.1. The number of nitrogens with one attached hydrogen (secondary N) is 2. The number of rotatable bonds is 5. The van der Waals surface area contributed by atoms with Gasteiger partial charge in [0.15, 0.2) is 0 Å². The number of benzene rings is 1. The largest absolute Gasteiger partial charge is 0.352 e. The van der Waals surface area contributed by atoms with Gasteiger partial charge in [0.2, 0.25) is 5.91 Å². The third-order valence-corrected chi connectivity index (χ3v) is 4.07. The molecule has 1 aliphatic heterocycles. The van der Waals surface area contributed by atoms with Crippen molar-refractivity contribution < 1.29 is 18.4 Å². The third kappa shape index (κ3) is 2.86. The molecule has 2 heterocycles. The van der Waals surface area contributed by atoms with Crippen molar-refractivity contribution in [3.8, 4) is 0 Å². The minimum absolute atomic E-state index is 0.125. The van der Waals surface area contributed by atoms with Crippen LogP contribution in [0, 0.1) is 0 Å². The number of aromatic nitrogens is 2. The number of fused-ring (bicyclic) bond motifs is 1. The van der Waals surface area contributed by atoms with Gasteiger partial charge in [-0.2, -0.15) is 5.10 Å². The number of alkyl halides is 2. The highest BCUT2D eigenvalue weighted by atomic mass is 19.3. The molecule has 1 aliphatic rings. The van der Waals surface area contributed by atoms with E-state index in [1.807, 2.05) is 24.3 Å². The average Bonchev–Trinajstić information content (AvgIpc) is 3.08. The summed E-state index contributed by atoms with van der Waals surface area (Å²) in [5.41, 5.74) is 1.08. The monoisotopic (exact) mass is 334 g/mol. The molecular weight excluding hydrogens is 318 g/mol. The fraction of sp³-hybridized carbons (Fsp3) is 0.312. The Hall–Kier alpha value is -2.77. The molecular formula is C16H16F2N4O2. The van der Waals surface area contributed by atoms with E-state index in [1.54, 1.807) is 0 Å². The number of hydrogen-bond donors (Lipinski definition) is 2. The second kappa shape index (κ2) is 6.38. The maximum absolute atomic E-state index is 13.0. The highest BCUT2D eigenvalue weighted by molar-refractivity contribution is 6.02. The van der Waals surface area contributed by atoms with Crippen LogP contribution >= 0.6 is 0 Å². The molecule has 0 saturated heterocycles. The van der Waals surface area contributed by atoms with Crippen LogP contribution in [0.4, 0.5) is 14.5 Å². The summed E-state index contributed by atoms with van der Waals surface area (Å²) in [7, 11) is 1.36. The van der Waals surface area contributed by atoms with Crippen molar-refractivity contribution in [2.75, 3.05) is 11.9 Å². The minimum atomic E-state index is -2.79. The molecule has 8 heteroatoms. The van der Waals surface area contributed by atoms with Crippen LogP contribution in [0.3, 0.4) is 0 Å². The van der Waals surface area contributed by atoms with Gasteiger partial charge < -0.3 is 10.6 Å². The van der Waals surface area contributed by atoms with E-state index in [0.29, 0.717) is 6.42 Å². The van der Waals surface area contributed by atoms with Crippen LogP contribution in [0.5, 0.6) is 0 Å². The molecule has 1 aromatic heterocycles. The first-order valence-corrected chi connectivity index (χ1v) is 7.47. The van der Waals surface area contributed by atoms with E-state index in [1.165, 1.54) is 7.05 Å². The maximum atomic E-state index is 13.0. The fourth-order valence-corrected chi connectivity index (χ4v) is 2.87. The van der Waals surface area contributed by atoms with Crippen LogP contribution < -0.4 is 10.6 Å². The van der Waals surface area contributed by atoms with Gasteiger partial charge in [0.25, 0.3) is 12.3 Å². The normalized spacial score (nSPS) is 16.2. The highest BCUT2D eigenvalue weighted by Crippen LogP contribution is 2.33. The molecule has 126 valence electrons. The molecule has 2 amide bonds. The Balaban J connectivity index is 1.63. The Morgan fingerprint density at radius 3 is 2.92 bits per heavy atom. The number of carbonyl (C=O) groups is 2. The van der Waals surface area contributed by atoms with E-state index < -0.39 is 18.0 Å². The summed E-state index contributed by atoms with van der Waals surface area (Å²) in [5, 5.41) is 9.06. The van der Waals surface area contributed by atoms with Crippen LogP contribution in [-0.4, -0.2) is 28.1 Å². The molecule has 0 saturated carbocycles. The second-order valence-corrected chi connectivity index (χ2v) is 5.54. The van der Waals surface area contributed by atoms with Crippen molar-refractivity contribution in [1.29, 1.82) is 0 Å². The first-order chi connectivity index (χ1) is 11.5. The zero-order chi connectivity index (χ0) is 17.3. The predicted octanol–water partition coefficient (Wildman–Crippen LogP) is 2.21. The fourth-order valence-electron chi connectivity index (χ4n) is 2.87. The van der Waals surface area contributed by atoms with Gasteiger partial charge in [0, 0.05) is 19.3 Å². The number of nitrogens with zero attached hydrogens (tertiary/aromatic N) is 2. The number of aryl methyl sites for hydroxylation is 1. The molecule has 0 fully saturated rings. The molecule has 2 aromatic rings. The number of halogens is 2. The Kier molecular flexibility index (Phi) is 4.28. The molecule has 0 spiro atoms. The average molecular weight is 334 g/mol. The first-order valence-electron chi connectivity index (χ1n) is 7.47. The topological polar surface area (TPSA) is 76.0 Å². The van der Waals surface area contributed by atoms with Crippen LogP contribution in [0.25, 0.3) is 0 Å². The Labute approximate surface area is 136 Å². The second-order valence-electron chi connectivity index (χ2n) is 5.54. The summed E-state index contributed by atoms with van der Waals surface area (Å²) in [6, 6.07) is 7.35. The van der Waals surface area contributed by atoms with Gasteiger partial charge in [-0.1, -0.05) is 18.2 Å². The highest BCUT2D eigenvalue weighted by Gasteiger charge is 2.30. The molecule has 0 bridgehead atoms. The molecule has 1 aromatic carbocycles. The van der Waals surface area contributed by atoms with E-state index in [2.05, 4.69) is 15.7 Å². The zero-order valence-electron chi connectivity index (χ0n) is 12.9. The van der Waals surface area contributed by atoms with Gasteiger partial charge in [-0.05, 0) is 18.1 Å². The molecule has 1 atom stereocenters. The molecule has 24 heavy (non-hydrogen) atoms. The number of amides is 2. The van der Waals surface area contributed by atoms with Crippen molar-refractivity contribution in [3.63, 3.8) is 0 Å². The van der Waals surface area contributed by atoms with Crippen LogP contribution in [-0.2, 0) is 11.8 Å². The van der Waals surface area contributed by atoms with Crippen LogP contribution in [0.2, 0.25) is 0 Å². The number of anilines is 1. The Morgan fingerprint density at radius 2 is 2.17 bits per heavy atom. The predicted molar refractivity (Wildman–Crippen MR) is 82.9 cm³/mol. The molecule has 0 aliphatic carbocycles. The number of para-hydroxylation sites is 1. The molecule has 1 unspecified atom stereocenters. The van der Waals surface area contributed by atoms with Crippen molar-refractivity contribution in [1.82, 2.24) is 15.1 Å². The smallest absolute Gasteiger partial charge is 0.280 e. The SMILES string of the molecule is Cn1ncc(C(=O)NCCC2C(=O)Nc3ccccc32)c1C(F)F. The van der Waals surface area contributed by atoms with Gasteiger partial charge in [-0.15, -0.1) is 0 Å². The summed E-state index contributed by atoms with van der Waals surface area (Å²) in [5.74, 6) is -1.10. The Bertz CT molecular complexity index is 788. The summed E-state index contributed by atoms with van der Waals surface area (Å²) < 4.78 is 26.9. The number of carbonyl (C=O) groups excluding carboxylic acids is 2. The quantitative estimate of drug-likeness (QED) is 0.880. The number of hydrogen-bond acceptors (Lipinski definition) is 3. The van der Waals surface area contributed by atoms with Crippen molar-refractivity contribution in [3.05, 3.63) is 47.3 Å². The Morgan fingerprint density at radius 1 is 1.42 bits per heavy atom. The first kappa shape index (κ1) is 16.1. The zero-order valence-corrected chi connectivity index (χ0v) is 12.9. The van der Waals surface area contributed by atoms with Crippen molar-refractivity contribution >= 4 is 17.5 Å². The lowest BCUT2D eigenvalue weighted by Gasteiger charge is -2.10. The third-order valence-electron chi connectivity index (χ3n) is 4.07. The van der Waals surface area contributed by atoms with Gasteiger partial charge in [-0.25, -0.2) is 8.78 Å². The minimum Gasteiger partial charge on any atom is -0.352 e. The summed E-state index contributed by atoms with van der Waals surface area (Å²) in [6.07, 6.45) is -1.28. The molecule has 6 nitrogen and oxygen atoms in total. The van der Waals surface area contributed by atoms with E-state index in [9.17, 15) is 18.4 Å². The lowest BCUT2D eigenvalue weighted by atomic mass is 9.97. The van der Waals surface area contributed by atoms with Gasteiger partial charge in [0.05, 0.1) is 17.7 Å². The maximum Gasteiger partial charge on any atom is 0.280 e. The van der Waals surface area contributed by atoms with E-state index in [0.717, 1.165) is 22.1 Å². The van der Waals surface area contributed by atoms with Gasteiger partial charge in [0.1, 0.15) is 5.69 Å². The molecule has 0 radical (unpaired) electrons. The van der Waals surface area contributed by atoms with Gasteiger partial charge in [-0.3, -0.25) is 14.3 Å². The van der Waals surface area contributed by atoms with E-state index in [4.69, 9.17) is 0 Å². The van der Waals surface area contributed by atoms with Crippen molar-refractivity contribution in [2.45, 2.75) is 18.8 Å². The van der Waals surface area contributed by atoms with E-state index in [-0.39, 0.29) is 23.9 Å². The summed E-state index contributed by atoms with van der Waals surface area (Å²) in [6.45, 7) is 0.197. The van der Waals surface area contributed by atoms with E-state index >= 15 is 0 Å². The lowest BCUT2D eigenvalue weighted by molar-refractivity contribution is -0.117. The van der Waals surface area contributed by atoms with Crippen molar-refractivity contribution in [2.24, 2.45) is 7.05 Å². The van der Waals surface area contributed by atoms with Crippen LogP contribution in [0.1, 0.15) is 40.4 Å². The lowest BCUT2D eigenvalue weighted by Crippen LogP contribution is -2.27. The standard InChI is InChI=1S/C16H16F2N4O2/c1-22-13(14(17)18)11(8-20-22)15(23)19-7-6-10-9-4-2-3-5-12(9)21-16(10)24/h2-5,8,10,14H,6-7H2,1H3,(H,19,23)(H,21,24). The summed E-state index contributed by atoms with van der Waals surface area (Å²) >= 11 is 0. The van der Waals surface area contributed by atoms with Gasteiger partial charge >= 0.3 is 0 Å². The molecule has 3 rings (SSSR count). The van der Waals surface area contributed by atoms with Crippen LogP contribution in [0.15, 0.2) is 30.5 Å². The molecule has 2 N–H and O–H groups in total.